The molecule has 2 atom stereocenters. The molecule has 2 saturated heterocycles. The molecule has 3 aliphatic heterocycles. The van der Waals surface area contributed by atoms with Gasteiger partial charge < -0.3 is 16.0 Å². The number of hydrogen-bond acceptors (Lipinski definition) is 5. The zero-order chi connectivity index (χ0) is 30.2. The van der Waals surface area contributed by atoms with E-state index in [1.165, 1.54) is 66.7 Å². The summed E-state index contributed by atoms with van der Waals surface area (Å²) in [6.45, 7) is 4.03. The van der Waals surface area contributed by atoms with Crippen molar-refractivity contribution in [2.24, 2.45) is 11.8 Å². The summed E-state index contributed by atoms with van der Waals surface area (Å²) in [6, 6.07) is 19.9. The molecule has 6 nitrogen and oxygen atoms in total. The molecular weight excluding hydrogens is 573 g/mol. The number of amides is 2. The summed E-state index contributed by atoms with van der Waals surface area (Å²) >= 11 is 1.36. The normalized spacial score (nSPS) is 22.6. The molecule has 8 heteroatoms. The third-order valence-electron chi connectivity index (χ3n) is 9.05. The van der Waals surface area contributed by atoms with Gasteiger partial charge in [0.2, 0.25) is 5.91 Å². The van der Waals surface area contributed by atoms with Gasteiger partial charge in [0.1, 0.15) is 0 Å². The van der Waals surface area contributed by atoms with Gasteiger partial charge in [0.05, 0.1) is 22.4 Å². The highest BCUT2D eigenvalue weighted by Crippen LogP contribution is 2.60. The van der Waals surface area contributed by atoms with Crippen LogP contribution in [0.4, 0.5) is 11.4 Å². The number of hydrogen-bond donors (Lipinski definition) is 3. The van der Waals surface area contributed by atoms with Crippen LogP contribution in [-0.4, -0.2) is 40.6 Å². The molecule has 3 heterocycles. The molecule has 0 saturated carbocycles. The summed E-state index contributed by atoms with van der Waals surface area (Å²) in [7, 11) is -0.739. The van der Waals surface area contributed by atoms with Gasteiger partial charge in [-0.3, -0.25) is 9.59 Å². The lowest BCUT2D eigenvalue weighted by atomic mass is 9.77. The fourth-order valence-electron chi connectivity index (χ4n) is 6.87. The SMILES string of the molecule is CCc1cccc(NC(=O)CSC2=C(C#N)C(C3CCS4(CCCCCCC4)C3)C(C(=O)Nc3ccccc3)=C(C)N2)c1. The molecule has 2 aromatic carbocycles. The number of carbonyl (C=O) groups is 2. The molecule has 228 valence electrons. The highest BCUT2D eigenvalue weighted by molar-refractivity contribution is 8.33. The Hall–Kier alpha value is -3.15. The van der Waals surface area contributed by atoms with Gasteiger partial charge >= 0.3 is 0 Å². The van der Waals surface area contributed by atoms with E-state index < -0.39 is 10.0 Å². The maximum Gasteiger partial charge on any atom is 0.253 e. The molecule has 2 amide bonds. The van der Waals surface area contributed by atoms with Crippen LogP contribution in [0.25, 0.3) is 0 Å². The summed E-state index contributed by atoms with van der Waals surface area (Å²) in [5.74, 6) is 4.91. The first kappa shape index (κ1) is 31.3. The topological polar surface area (TPSA) is 94.0 Å². The van der Waals surface area contributed by atoms with E-state index in [2.05, 4.69) is 28.9 Å². The van der Waals surface area contributed by atoms with E-state index in [0.717, 1.165) is 35.7 Å². The molecule has 1 spiro atoms. The highest BCUT2D eigenvalue weighted by Gasteiger charge is 2.44. The number of nitrogens with zero attached hydrogens (tertiary/aromatic N) is 1. The molecule has 43 heavy (non-hydrogen) atoms. The number of anilines is 2. The largest absolute Gasteiger partial charge is 0.353 e. The maximum absolute atomic E-state index is 13.9. The van der Waals surface area contributed by atoms with Crippen molar-refractivity contribution in [2.45, 2.75) is 58.8 Å². The number of aryl methyl sites for hydroxylation is 1. The lowest BCUT2D eigenvalue weighted by molar-refractivity contribution is -0.114. The zero-order valence-electron chi connectivity index (χ0n) is 25.4. The second kappa shape index (κ2) is 14.5. The number of carbonyl (C=O) groups excluding carboxylic acids is 2. The van der Waals surface area contributed by atoms with Crippen molar-refractivity contribution >= 4 is 45.0 Å². The molecule has 5 rings (SSSR count). The van der Waals surface area contributed by atoms with E-state index in [1.807, 2.05) is 61.5 Å². The van der Waals surface area contributed by atoms with Gasteiger partial charge in [0.15, 0.2) is 0 Å². The Bertz CT molecular complexity index is 1420. The second-order valence-corrected chi connectivity index (χ2v) is 17.0. The van der Waals surface area contributed by atoms with Crippen LogP contribution in [0.1, 0.15) is 57.9 Å². The van der Waals surface area contributed by atoms with Crippen LogP contribution >= 0.6 is 21.8 Å². The van der Waals surface area contributed by atoms with Crippen LogP contribution in [0.5, 0.6) is 0 Å². The van der Waals surface area contributed by atoms with Crippen molar-refractivity contribution in [3.05, 3.63) is 82.0 Å². The Morgan fingerprint density at radius 2 is 1.70 bits per heavy atom. The average molecular weight is 617 g/mol. The van der Waals surface area contributed by atoms with Gasteiger partial charge in [0.25, 0.3) is 5.91 Å². The number of nitriles is 1. The minimum absolute atomic E-state index is 0.116. The van der Waals surface area contributed by atoms with E-state index >= 15 is 0 Å². The summed E-state index contributed by atoms with van der Waals surface area (Å²) in [4.78, 5) is 26.9. The van der Waals surface area contributed by atoms with Crippen LogP contribution in [0.15, 0.2) is 76.5 Å². The third-order valence-corrected chi connectivity index (χ3v) is 14.6. The molecular formula is C35H44N4O2S2. The van der Waals surface area contributed by atoms with E-state index in [0.29, 0.717) is 16.2 Å². The highest BCUT2D eigenvalue weighted by atomic mass is 32.3. The number of nitrogens with one attached hydrogen (secondary N) is 3. The number of thioether (sulfide) groups is 1. The fraction of sp³-hybridized carbons (Fsp3) is 0.457. The summed E-state index contributed by atoms with van der Waals surface area (Å²) < 4.78 is 0. The number of allylic oxidation sites excluding steroid dienone is 2. The van der Waals surface area contributed by atoms with Crippen molar-refractivity contribution in [3.8, 4) is 6.07 Å². The minimum atomic E-state index is -0.739. The molecule has 2 fully saturated rings. The molecule has 3 N–H and O–H groups in total. The second-order valence-electron chi connectivity index (χ2n) is 12.0. The smallest absolute Gasteiger partial charge is 0.253 e. The van der Waals surface area contributed by atoms with Crippen molar-refractivity contribution in [3.63, 3.8) is 0 Å². The van der Waals surface area contributed by atoms with Crippen LogP contribution in [-0.2, 0) is 16.0 Å². The quantitative estimate of drug-likeness (QED) is 0.284. The summed E-state index contributed by atoms with van der Waals surface area (Å²) in [6.07, 6.45) is 8.56. The van der Waals surface area contributed by atoms with E-state index in [-0.39, 0.29) is 29.4 Å². The van der Waals surface area contributed by atoms with E-state index in [9.17, 15) is 14.9 Å². The Balaban J connectivity index is 1.40. The van der Waals surface area contributed by atoms with Crippen LogP contribution in [0, 0.1) is 23.2 Å². The molecule has 2 aromatic rings. The van der Waals surface area contributed by atoms with Gasteiger partial charge in [-0.25, -0.2) is 10.0 Å². The molecule has 2 unspecified atom stereocenters. The lowest BCUT2D eigenvalue weighted by Gasteiger charge is -2.39. The molecule has 0 aliphatic carbocycles. The van der Waals surface area contributed by atoms with E-state index in [1.54, 1.807) is 0 Å². The van der Waals surface area contributed by atoms with E-state index in [4.69, 9.17) is 0 Å². The first-order valence-electron chi connectivity index (χ1n) is 15.7. The Morgan fingerprint density at radius 1 is 0.977 bits per heavy atom. The van der Waals surface area contributed by atoms with Crippen molar-refractivity contribution < 1.29 is 9.59 Å². The fourth-order valence-corrected chi connectivity index (χ4v) is 12.6. The van der Waals surface area contributed by atoms with Crippen molar-refractivity contribution in [1.82, 2.24) is 5.32 Å². The van der Waals surface area contributed by atoms with Crippen LogP contribution in [0.3, 0.4) is 0 Å². The van der Waals surface area contributed by atoms with Gasteiger partial charge in [0, 0.05) is 28.6 Å². The molecule has 3 aliphatic rings. The first-order chi connectivity index (χ1) is 20.9. The summed E-state index contributed by atoms with van der Waals surface area (Å²) in [5, 5.41) is 20.8. The summed E-state index contributed by atoms with van der Waals surface area (Å²) in [5.41, 5.74) is 4.72. The average Bonchev–Trinajstić information content (AvgIpc) is 3.42. The number of rotatable bonds is 8. The van der Waals surface area contributed by atoms with Gasteiger partial charge in [-0.15, -0.1) is 0 Å². The first-order valence-corrected chi connectivity index (χ1v) is 18.9. The number of benzene rings is 2. The molecule has 0 aromatic heterocycles. The van der Waals surface area contributed by atoms with Gasteiger partial charge in [-0.1, -0.05) is 68.3 Å². The third kappa shape index (κ3) is 7.69. The number of dihydropyridines is 1. The monoisotopic (exact) mass is 616 g/mol. The predicted octanol–water partition coefficient (Wildman–Crippen LogP) is 7.58. The Labute approximate surface area is 262 Å². The van der Waals surface area contributed by atoms with Gasteiger partial charge in [-0.05, 0) is 91.4 Å². The molecule has 0 radical (unpaired) electrons. The maximum atomic E-state index is 13.9. The minimum Gasteiger partial charge on any atom is -0.353 e. The zero-order valence-corrected chi connectivity index (χ0v) is 27.0. The van der Waals surface area contributed by atoms with Gasteiger partial charge in [-0.2, -0.15) is 5.26 Å². The Kier molecular flexibility index (Phi) is 10.6. The van der Waals surface area contributed by atoms with Crippen molar-refractivity contribution in [1.29, 1.82) is 5.26 Å². The predicted molar refractivity (Wildman–Crippen MR) is 182 cm³/mol. The Morgan fingerprint density at radius 3 is 2.42 bits per heavy atom. The molecule has 0 bridgehead atoms. The lowest BCUT2D eigenvalue weighted by Crippen LogP contribution is -2.36. The number of para-hydroxylation sites is 1. The standard InChI is InChI=1S/C35H44N4O2S2/c1-3-26-13-12-16-29(21-26)38-31(40)23-42-35-30(22-36)33(27-17-20-43(24-27)18-10-5-4-6-11-19-43)32(25(2)37-35)34(41)39-28-14-8-7-9-15-28/h7-9,12-16,21,27,33,37H,3-6,10-11,17-20,23-24H2,1-2H3,(H,38,40)(H,39,41). The van der Waals surface area contributed by atoms with Crippen LogP contribution < -0.4 is 16.0 Å². The van der Waals surface area contributed by atoms with Crippen molar-refractivity contribution in [2.75, 3.05) is 39.4 Å². The van der Waals surface area contributed by atoms with Crippen LogP contribution in [0.2, 0.25) is 0 Å².